The van der Waals surface area contributed by atoms with E-state index in [4.69, 9.17) is 9.47 Å². The highest BCUT2D eigenvalue weighted by Gasteiger charge is 2.64. The van der Waals surface area contributed by atoms with Crippen molar-refractivity contribution in [2.75, 3.05) is 14.2 Å². The molecule has 3 rings (SSSR count). The molecule has 0 bridgehead atoms. The first-order valence-corrected chi connectivity index (χ1v) is 8.15. The molecule has 1 amide bonds. The van der Waals surface area contributed by atoms with E-state index in [-0.39, 0.29) is 17.2 Å². The van der Waals surface area contributed by atoms with Gasteiger partial charge in [-0.25, -0.2) is 5.43 Å². The minimum absolute atomic E-state index is 0.0520. The molecule has 0 aliphatic heterocycles. The first kappa shape index (κ1) is 15.8. The lowest BCUT2D eigenvalue weighted by Crippen LogP contribution is -2.22. The Balaban J connectivity index is 1.60. The maximum Gasteiger partial charge on any atom is 0.244 e. The number of hydrogen-bond acceptors (Lipinski definition) is 4. The molecule has 0 heterocycles. The molecule has 0 radical (unpaired) electrons. The van der Waals surface area contributed by atoms with E-state index in [1.807, 2.05) is 18.2 Å². The van der Waals surface area contributed by atoms with Crippen LogP contribution in [-0.2, 0) is 4.79 Å². The second-order valence-corrected chi connectivity index (χ2v) is 6.68. The molecule has 0 aromatic heterocycles. The lowest BCUT2D eigenvalue weighted by Gasteiger charge is -2.15. The van der Waals surface area contributed by atoms with Crippen LogP contribution in [-0.4, -0.2) is 26.3 Å². The predicted molar refractivity (Wildman–Crippen MR) is 88.8 cm³/mol. The molecule has 5 heteroatoms. The van der Waals surface area contributed by atoms with Crippen molar-refractivity contribution in [1.82, 2.24) is 5.43 Å². The Morgan fingerprint density at radius 3 is 2.74 bits per heavy atom. The van der Waals surface area contributed by atoms with Crippen molar-refractivity contribution in [3.8, 4) is 11.5 Å². The normalized spacial score (nSPS) is 29.0. The molecule has 3 atom stereocenters. The van der Waals surface area contributed by atoms with E-state index in [2.05, 4.69) is 17.5 Å². The highest BCUT2D eigenvalue weighted by atomic mass is 16.5. The van der Waals surface area contributed by atoms with Crippen LogP contribution in [0.2, 0.25) is 0 Å². The van der Waals surface area contributed by atoms with Crippen molar-refractivity contribution >= 4 is 12.1 Å². The summed E-state index contributed by atoms with van der Waals surface area (Å²) in [4.78, 5) is 12.3. The van der Waals surface area contributed by atoms with Gasteiger partial charge in [-0.2, -0.15) is 5.10 Å². The molecule has 0 spiro atoms. The van der Waals surface area contributed by atoms with Crippen LogP contribution in [0.15, 0.2) is 23.3 Å². The zero-order valence-corrected chi connectivity index (χ0v) is 14.0. The molecule has 1 N–H and O–H groups in total. The summed E-state index contributed by atoms with van der Waals surface area (Å²) in [5.74, 6) is 2.04. The Kier molecular flexibility index (Phi) is 4.28. The molecule has 0 unspecified atom stereocenters. The van der Waals surface area contributed by atoms with Gasteiger partial charge in [-0.15, -0.1) is 0 Å². The van der Waals surface area contributed by atoms with E-state index in [1.165, 1.54) is 19.3 Å². The fourth-order valence-corrected chi connectivity index (χ4v) is 4.02. The smallest absolute Gasteiger partial charge is 0.244 e. The number of amides is 1. The van der Waals surface area contributed by atoms with Gasteiger partial charge >= 0.3 is 0 Å². The zero-order chi connectivity index (χ0) is 16.4. The minimum atomic E-state index is 0.0520. The van der Waals surface area contributed by atoms with Gasteiger partial charge in [0.2, 0.25) is 5.91 Å². The Hall–Kier alpha value is -2.04. The van der Waals surface area contributed by atoms with E-state index in [9.17, 15) is 4.79 Å². The fourth-order valence-electron chi connectivity index (χ4n) is 4.02. The van der Waals surface area contributed by atoms with Gasteiger partial charge in [0.25, 0.3) is 0 Å². The number of hydrazone groups is 1. The van der Waals surface area contributed by atoms with Crippen LogP contribution < -0.4 is 14.9 Å². The van der Waals surface area contributed by atoms with E-state index in [0.29, 0.717) is 17.4 Å². The molecule has 2 fully saturated rings. The van der Waals surface area contributed by atoms with Crippen LogP contribution in [0.1, 0.15) is 38.2 Å². The van der Waals surface area contributed by atoms with Crippen molar-refractivity contribution < 1.29 is 14.3 Å². The third kappa shape index (κ3) is 2.92. The number of carbonyl (C=O) groups is 1. The maximum absolute atomic E-state index is 12.3. The molecule has 2 saturated carbocycles. The van der Waals surface area contributed by atoms with E-state index < -0.39 is 0 Å². The number of fused-ring (bicyclic) bond motifs is 1. The molecule has 2 aliphatic carbocycles. The number of methoxy groups -OCH3 is 2. The summed E-state index contributed by atoms with van der Waals surface area (Å²) in [6.07, 6.45) is 6.46. The molecule has 0 saturated heterocycles. The predicted octanol–water partition coefficient (Wildman–Crippen LogP) is 2.98. The van der Waals surface area contributed by atoms with E-state index >= 15 is 0 Å². The van der Waals surface area contributed by atoms with Gasteiger partial charge in [-0.3, -0.25) is 4.79 Å². The highest BCUT2D eigenvalue weighted by molar-refractivity contribution is 5.86. The van der Waals surface area contributed by atoms with Crippen LogP contribution in [0.4, 0.5) is 0 Å². The Labute approximate surface area is 137 Å². The maximum atomic E-state index is 12.3. The summed E-state index contributed by atoms with van der Waals surface area (Å²) in [5.41, 5.74) is 3.76. The van der Waals surface area contributed by atoms with Gasteiger partial charge in [-0.05, 0) is 47.9 Å². The SMILES string of the molecule is COc1ccc(/C=N/NC(=O)[C@@H]2[C@@H]3CCCC[C@]23C)cc1OC. The van der Waals surface area contributed by atoms with Crippen LogP contribution in [0.3, 0.4) is 0 Å². The molecule has 5 nitrogen and oxygen atoms in total. The molecule has 23 heavy (non-hydrogen) atoms. The second kappa shape index (κ2) is 6.22. The standard InChI is InChI=1S/C18H24N2O3/c1-18-9-5-4-6-13(18)16(18)17(21)20-19-11-12-7-8-14(22-2)15(10-12)23-3/h7-8,10-11,13,16H,4-6,9H2,1-3H3,(H,20,21)/b19-11+/t13-,16-,18-/m0/s1. The Bertz CT molecular complexity index is 629. The average Bonchev–Trinajstić information content (AvgIpc) is 3.20. The fraction of sp³-hybridized carbons (Fsp3) is 0.556. The number of nitrogens with zero attached hydrogens (tertiary/aromatic N) is 1. The molecule has 1 aromatic carbocycles. The average molecular weight is 316 g/mol. The first-order chi connectivity index (χ1) is 11.1. The number of nitrogens with one attached hydrogen (secondary N) is 1. The molecule has 1 aromatic rings. The third-order valence-electron chi connectivity index (χ3n) is 5.41. The zero-order valence-electron chi connectivity index (χ0n) is 14.0. The first-order valence-electron chi connectivity index (χ1n) is 8.15. The summed E-state index contributed by atoms with van der Waals surface area (Å²) in [6.45, 7) is 2.24. The van der Waals surface area contributed by atoms with Gasteiger partial charge < -0.3 is 9.47 Å². The molecule has 124 valence electrons. The summed E-state index contributed by atoms with van der Waals surface area (Å²) in [5, 5.41) is 4.10. The summed E-state index contributed by atoms with van der Waals surface area (Å²) >= 11 is 0. The monoisotopic (exact) mass is 316 g/mol. The molecule has 2 aliphatic rings. The van der Waals surface area contributed by atoms with Gasteiger partial charge in [0.15, 0.2) is 11.5 Å². The number of carbonyl (C=O) groups excluding carboxylic acids is 1. The van der Waals surface area contributed by atoms with Crippen LogP contribution >= 0.6 is 0 Å². The quantitative estimate of drug-likeness (QED) is 0.671. The molecular formula is C18H24N2O3. The minimum Gasteiger partial charge on any atom is -0.493 e. The number of ether oxygens (including phenoxy) is 2. The lowest BCUT2D eigenvalue weighted by atomic mass is 9.90. The van der Waals surface area contributed by atoms with E-state index in [1.54, 1.807) is 20.4 Å². The number of hydrogen-bond donors (Lipinski definition) is 1. The van der Waals surface area contributed by atoms with Crippen LogP contribution in [0.25, 0.3) is 0 Å². The summed E-state index contributed by atoms with van der Waals surface area (Å²) in [7, 11) is 3.19. The van der Waals surface area contributed by atoms with Gasteiger partial charge in [-0.1, -0.05) is 19.8 Å². The van der Waals surface area contributed by atoms with Gasteiger partial charge in [0, 0.05) is 5.92 Å². The summed E-state index contributed by atoms with van der Waals surface area (Å²) in [6, 6.07) is 5.51. The lowest BCUT2D eigenvalue weighted by molar-refractivity contribution is -0.123. The van der Waals surface area contributed by atoms with Gasteiger partial charge in [0.1, 0.15) is 0 Å². The second-order valence-electron chi connectivity index (χ2n) is 6.68. The Morgan fingerprint density at radius 1 is 1.30 bits per heavy atom. The Morgan fingerprint density at radius 2 is 2.09 bits per heavy atom. The van der Waals surface area contributed by atoms with Crippen molar-refractivity contribution in [2.24, 2.45) is 22.4 Å². The molecular weight excluding hydrogens is 292 g/mol. The summed E-state index contributed by atoms with van der Waals surface area (Å²) < 4.78 is 10.5. The number of rotatable bonds is 5. The third-order valence-corrected chi connectivity index (χ3v) is 5.41. The van der Waals surface area contributed by atoms with Crippen molar-refractivity contribution in [2.45, 2.75) is 32.6 Å². The topological polar surface area (TPSA) is 59.9 Å². The van der Waals surface area contributed by atoms with Crippen molar-refractivity contribution in [1.29, 1.82) is 0 Å². The van der Waals surface area contributed by atoms with Crippen molar-refractivity contribution in [3.63, 3.8) is 0 Å². The number of benzene rings is 1. The van der Waals surface area contributed by atoms with Crippen LogP contribution in [0, 0.1) is 17.3 Å². The van der Waals surface area contributed by atoms with E-state index in [0.717, 1.165) is 12.0 Å². The highest BCUT2D eigenvalue weighted by Crippen LogP contribution is 2.66. The van der Waals surface area contributed by atoms with Crippen molar-refractivity contribution in [3.05, 3.63) is 23.8 Å². The van der Waals surface area contributed by atoms with Crippen LogP contribution in [0.5, 0.6) is 11.5 Å². The van der Waals surface area contributed by atoms with Gasteiger partial charge in [0.05, 0.1) is 20.4 Å². The largest absolute Gasteiger partial charge is 0.493 e.